The third-order valence-electron chi connectivity index (χ3n) is 2.86. The van der Waals surface area contributed by atoms with E-state index in [-0.39, 0.29) is 0 Å². The van der Waals surface area contributed by atoms with E-state index in [1.807, 2.05) is 18.2 Å². The van der Waals surface area contributed by atoms with Crippen molar-refractivity contribution in [1.29, 1.82) is 0 Å². The van der Waals surface area contributed by atoms with Gasteiger partial charge in [-0.25, -0.2) is 0 Å². The Kier molecular flexibility index (Phi) is 3.71. The van der Waals surface area contributed by atoms with Crippen molar-refractivity contribution in [1.82, 2.24) is 0 Å². The molecule has 2 unspecified atom stereocenters. The van der Waals surface area contributed by atoms with Crippen LogP contribution in [0.15, 0.2) is 22.7 Å². The summed E-state index contributed by atoms with van der Waals surface area (Å²) in [7, 11) is 0. The molecule has 88 valence electrons. The largest absolute Gasteiger partial charge is 0.397 e. The Morgan fingerprint density at radius 1 is 1.50 bits per heavy atom. The summed E-state index contributed by atoms with van der Waals surface area (Å²) in [6.07, 6.45) is 2.41. The molecule has 1 aliphatic rings. The summed E-state index contributed by atoms with van der Waals surface area (Å²) in [5, 5.41) is 3.48. The van der Waals surface area contributed by atoms with Crippen molar-refractivity contribution in [2.75, 3.05) is 17.7 Å². The number of anilines is 2. The lowest BCUT2D eigenvalue weighted by molar-refractivity contribution is 0.0232. The predicted octanol–water partition coefficient (Wildman–Crippen LogP) is 3.01. The molecule has 0 bridgehead atoms. The van der Waals surface area contributed by atoms with Crippen LogP contribution in [0.4, 0.5) is 11.4 Å². The summed E-state index contributed by atoms with van der Waals surface area (Å²) >= 11 is 3.40. The fourth-order valence-electron chi connectivity index (χ4n) is 2.01. The van der Waals surface area contributed by atoms with Crippen molar-refractivity contribution in [2.24, 2.45) is 0 Å². The molecule has 1 aromatic rings. The summed E-state index contributed by atoms with van der Waals surface area (Å²) < 4.78 is 6.53. The highest BCUT2D eigenvalue weighted by molar-refractivity contribution is 9.10. The van der Waals surface area contributed by atoms with Crippen LogP contribution in [0.5, 0.6) is 0 Å². The molecule has 1 aliphatic heterocycles. The van der Waals surface area contributed by atoms with Gasteiger partial charge in [0.05, 0.1) is 17.5 Å². The molecular weight excluding hydrogens is 268 g/mol. The molecule has 0 spiro atoms. The Bertz CT molecular complexity index is 370. The third-order valence-corrected chi connectivity index (χ3v) is 3.35. The number of halogens is 1. The highest BCUT2D eigenvalue weighted by Gasteiger charge is 2.19. The number of rotatable bonds is 2. The van der Waals surface area contributed by atoms with Gasteiger partial charge in [-0.3, -0.25) is 0 Å². The van der Waals surface area contributed by atoms with E-state index in [9.17, 15) is 0 Å². The monoisotopic (exact) mass is 284 g/mol. The van der Waals surface area contributed by atoms with Gasteiger partial charge in [-0.15, -0.1) is 0 Å². The highest BCUT2D eigenvalue weighted by atomic mass is 79.9. The first-order valence-electron chi connectivity index (χ1n) is 5.58. The van der Waals surface area contributed by atoms with Crippen molar-refractivity contribution in [3.8, 4) is 0 Å². The van der Waals surface area contributed by atoms with Gasteiger partial charge in [0.2, 0.25) is 0 Å². The number of hydrogen-bond acceptors (Lipinski definition) is 3. The molecule has 3 N–H and O–H groups in total. The lowest BCUT2D eigenvalue weighted by atomic mass is 10.0. The molecule has 0 saturated carbocycles. The molecule has 1 heterocycles. The Labute approximate surface area is 104 Å². The summed E-state index contributed by atoms with van der Waals surface area (Å²) in [4.78, 5) is 0. The van der Waals surface area contributed by atoms with E-state index in [0.717, 1.165) is 35.3 Å². The maximum Gasteiger partial charge on any atom is 0.0576 e. The fourth-order valence-corrected chi connectivity index (χ4v) is 2.39. The summed E-state index contributed by atoms with van der Waals surface area (Å²) in [5.41, 5.74) is 7.75. The number of hydrogen-bond donors (Lipinski definition) is 2. The number of ether oxygens (including phenoxy) is 1. The van der Waals surface area contributed by atoms with Crippen molar-refractivity contribution in [3.05, 3.63) is 22.7 Å². The zero-order chi connectivity index (χ0) is 11.5. The van der Waals surface area contributed by atoms with Gasteiger partial charge in [0.15, 0.2) is 0 Å². The van der Waals surface area contributed by atoms with Crippen LogP contribution >= 0.6 is 15.9 Å². The van der Waals surface area contributed by atoms with Crippen LogP contribution in [-0.2, 0) is 4.74 Å². The molecule has 0 aromatic heterocycles. The molecule has 0 amide bonds. The molecule has 16 heavy (non-hydrogen) atoms. The van der Waals surface area contributed by atoms with Gasteiger partial charge in [-0.05, 0) is 38.0 Å². The highest BCUT2D eigenvalue weighted by Crippen LogP contribution is 2.26. The fraction of sp³-hybridized carbons (Fsp3) is 0.500. The van der Waals surface area contributed by atoms with E-state index < -0.39 is 0 Å². The number of benzene rings is 1. The first kappa shape index (κ1) is 11.7. The molecule has 1 saturated heterocycles. The molecular formula is C12H17BrN2O. The average molecular weight is 285 g/mol. The predicted molar refractivity (Wildman–Crippen MR) is 70.6 cm³/mol. The maximum atomic E-state index is 5.95. The summed E-state index contributed by atoms with van der Waals surface area (Å²) in [6, 6.07) is 6.40. The molecule has 0 radical (unpaired) electrons. The Balaban J connectivity index is 2.02. The second-order valence-corrected chi connectivity index (χ2v) is 5.19. The molecule has 1 aromatic carbocycles. The minimum absolute atomic E-state index is 0.336. The maximum absolute atomic E-state index is 5.95. The van der Waals surface area contributed by atoms with Crippen LogP contribution < -0.4 is 11.1 Å². The quantitative estimate of drug-likeness (QED) is 0.821. The Morgan fingerprint density at radius 2 is 2.31 bits per heavy atom. The molecule has 1 fully saturated rings. The minimum Gasteiger partial charge on any atom is -0.397 e. The van der Waals surface area contributed by atoms with Crippen LogP contribution in [0.1, 0.15) is 19.8 Å². The average Bonchev–Trinajstić information content (AvgIpc) is 2.22. The van der Waals surface area contributed by atoms with Crippen LogP contribution in [0.3, 0.4) is 0 Å². The van der Waals surface area contributed by atoms with Crippen molar-refractivity contribution in [2.45, 2.75) is 31.9 Å². The van der Waals surface area contributed by atoms with Gasteiger partial charge in [0.1, 0.15) is 0 Å². The van der Waals surface area contributed by atoms with Crippen LogP contribution in [0.25, 0.3) is 0 Å². The van der Waals surface area contributed by atoms with E-state index in [1.54, 1.807) is 0 Å². The van der Waals surface area contributed by atoms with Crippen LogP contribution in [0.2, 0.25) is 0 Å². The molecule has 3 nitrogen and oxygen atoms in total. The van der Waals surface area contributed by atoms with E-state index in [0.29, 0.717) is 12.1 Å². The van der Waals surface area contributed by atoms with E-state index >= 15 is 0 Å². The van der Waals surface area contributed by atoms with Gasteiger partial charge in [0.25, 0.3) is 0 Å². The Hall–Kier alpha value is -0.740. The first-order valence-corrected chi connectivity index (χ1v) is 6.37. The summed E-state index contributed by atoms with van der Waals surface area (Å²) in [6.45, 7) is 2.94. The van der Waals surface area contributed by atoms with Crippen molar-refractivity contribution in [3.63, 3.8) is 0 Å². The molecule has 2 atom stereocenters. The van der Waals surface area contributed by atoms with Crippen LogP contribution in [0, 0.1) is 0 Å². The summed E-state index contributed by atoms with van der Waals surface area (Å²) in [5.74, 6) is 0. The first-order chi connectivity index (χ1) is 7.65. The SMILES string of the molecule is CC1CC(Nc2ccc(Br)cc2N)CCO1. The molecule has 4 heteroatoms. The lowest BCUT2D eigenvalue weighted by Crippen LogP contribution is -2.32. The van der Waals surface area contributed by atoms with E-state index in [4.69, 9.17) is 10.5 Å². The number of nitrogens with two attached hydrogens (primary N) is 1. The number of nitrogens with one attached hydrogen (secondary N) is 1. The van der Waals surface area contributed by atoms with E-state index in [1.165, 1.54) is 0 Å². The molecule has 2 rings (SSSR count). The van der Waals surface area contributed by atoms with Gasteiger partial charge in [0, 0.05) is 17.1 Å². The van der Waals surface area contributed by atoms with Gasteiger partial charge >= 0.3 is 0 Å². The van der Waals surface area contributed by atoms with Crippen molar-refractivity contribution < 1.29 is 4.74 Å². The zero-order valence-corrected chi connectivity index (χ0v) is 11.0. The molecule has 0 aliphatic carbocycles. The second-order valence-electron chi connectivity index (χ2n) is 4.28. The minimum atomic E-state index is 0.336. The number of nitrogen functional groups attached to an aromatic ring is 1. The lowest BCUT2D eigenvalue weighted by Gasteiger charge is -2.29. The third kappa shape index (κ3) is 2.89. The zero-order valence-electron chi connectivity index (χ0n) is 9.37. The smallest absolute Gasteiger partial charge is 0.0576 e. The van der Waals surface area contributed by atoms with E-state index in [2.05, 4.69) is 28.2 Å². The topological polar surface area (TPSA) is 47.3 Å². The van der Waals surface area contributed by atoms with Gasteiger partial charge in [-0.2, -0.15) is 0 Å². The van der Waals surface area contributed by atoms with Crippen LogP contribution in [-0.4, -0.2) is 18.8 Å². The second kappa shape index (κ2) is 5.06. The van der Waals surface area contributed by atoms with Gasteiger partial charge < -0.3 is 15.8 Å². The standard InChI is InChI=1S/C12H17BrN2O/c1-8-6-10(4-5-16-8)15-12-3-2-9(13)7-11(12)14/h2-3,7-8,10,15H,4-6,14H2,1H3. The van der Waals surface area contributed by atoms with Gasteiger partial charge in [-0.1, -0.05) is 15.9 Å². The Morgan fingerprint density at radius 3 is 3.00 bits per heavy atom. The normalized spacial score (nSPS) is 25.4. The van der Waals surface area contributed by atoms with Crippen molar-refractivity contribution >= 4 is 27.3 Å².